The summed E-state index contributed by atoms with van der Waals surface area (Å²) in [4.78, 5) is 15.6. The molecule has 0 saturated heterocycles. The maximum Gasteiger partial charge on any atom is 0.259 e. The number of thiazole rings is 1. The molecule has 3 nitrogen and oxygen atoms in total. The van der Waals surface area contributed by atoms with Crippen LogP contribution in [0.5, 0.6) is 0 Å². The first kappa shape index (κ1) is 14.6. The van der Waals surface area contributed by atoms with Gasteiger partial charge in [0.15, 0.2) is 9.97 Å². The number of halogens is 3. The SMILES string of the molecule is Cc1sc(NC(=O)C(Cl)Cl)nc1-c1ccc(Cl)cc1. The van der Waals surface area contributed by atoms with Crippen LogP contribution in [0.3, 0.4) is 0 Å². The van der Waals surface area contributed by atoms with Crippen molar-refractivity contribution in [2.24, 2.45) is 0 Å². The fourth-order valence-corrected chi connectivity index (χ4v) is 2.56. The Morgan fingerprint density at radius 3 is 2.53 bits per heavy atom. The van der Waals surface area contributed by atoms with E-state index in [0.29, 0.717) is 10.2 Å². The fraction of sp³-hybridized carbons (Fsp3) is 0.167. The number of hydrogen-bond donors (Lipinski definition) is 1. The summed E-state index contributed by atoms with van der Waals surface area (Å²) < 4.78 is 0. The zero-order valence-electron chi connectivity index (χ0n) is 9.78. The van der Waals surface area contributed by atoms with E-state index < -0.39 is 10.7 Å². The topological polar surface area (TPSA) is 42.0 Å². The molecule has 2 aromatic rings. The molecule has 0 unspecified atom stereocenters. The van der Waals surface area contributed by atoms with Gasteiger partial charge in [0.05, 0.1) is 5.69 Å². The van der Waals surface area contributed by atoms with Crippen molar-refractivity contribution in [3.05, 3.63) is 34.2 Å². The molecule has 0 aliphatic carbocycles. The van der Waals surface area contributed by atoms with Gasteiger partial charge in [-0.15, -0.1) is 11.3 Å². The first-order valence-electron chi connectivity index (χ1n) is 5.30. The van der Waals surface area contributed by atoms with Crippen LogP contribution in [-0.4, -0.2) is 15.7 Å². The minimum atomic E-state index is -1.11. The average molecular weight is 336 g/mol. The zero-order chi connectivity index (χ0) is 14.0. The molecule has 19 heavy (non-hydrogen) atoms. The second kappa shape index (κ2) is 6.09. The van der Waals surface area contributed by atoms with Crippen LogP contribution in [0.1, 0.15) is 4.88 Å². The summed E-state index contributed by atoms with van der Waals surface area (Å²) in [6.07, 6.45) is 0. The zero-order valence-corrected chi connectivity index (χ0v) is 12.9. The third kappa shape index (κ3) is 3.60. The molecule has 0 fully saturated rings. The van der Waals surface area contributed by atoms with Crippen LogP contribution in [0.4, 0.5) is 5.13 Å². The van der Waals surface area contributed by atoms with Crippen LogP contribution in [0.2, 0.25) is 5.02 Å². The summed E-state index contributed by atoms with van der Waals surface area (Å²) in [5.41, 5.74) is 1.74. The summed E-state index contributed by atoms with van der Waals surface area (Å²) >= 11 is 18.2. The molecule has 2 rings (SSSR count). The molecule has 7 heteroatoms. The normalized spacial score (nSPS) is 10.8. The van der Waals surface area contributed by atoms with Crippen LogP contribution in [-0.2, 0) is 4.79 Å². The lowest BCUT2D eigenvalue weighted by molar-refractivity contribution is -0.114. The molecule has 0 radical (unpaired) electrons. The van der Waals surface area contributed by atoms with Gasteiger partial charge in [-0.2, -0.15) is 0 Å². The molecule has 0 atom stereocenters. The van der Waals surface area contributed by atoms with Gasteiger partial charge in [-0.3, -0.25) is 10.1 Å². The van der Waals surface area contributed by atoms with Gasteiger partial charge in [0, 0.05) is 15.5 Å². The van der Waals surface area contributed by atoms with Gasteiger partial charge in [0.1, 0.15) is 0 Å². The number of carbonyl (C=O) groups excluding carboxylic acids is 1. The molecule has 0 aliphatic heterocycles. The number of hydrogen-bond acceptors (Lipinski definition) is 3. The van der Waals surface area contributed by atoms with E-state index in [2.05, 4.69) is 10.3 Å². The Morgan fingerprint density at radius 1 is 1.32 bits per heavy atom. The van der Waals surface area contributed by atoms with Crippen molar-refractivity contribution in [3.8, 4) is 11.3 Å². The molecule has 100 valence electrons. The number of benzene rings is 1. The molecule has 0 spiro atoms. The van der Waals surface area contributed by atoms with Crippen molar-refractivity contribution in [1.29, 1.82) is 0 Å². The lowest BCUT2D eigenvalue weighted by atomic mass is 10.1. The first-order valence-corrected chi connectivity index (χ1v) is 7.36. The third-order valence-corrected chi connectivity index (χ3v) is 3.88. The van der Waals surface area contributed by atoms with Gasteiger partial charge in [-0.1, -0.05) is 46.9 Å². The number of alkyl halides is 2. The van der Waals surface area contributed by atoms with E-state index in [-0.39, 0.29) is 0 Å². The van der Waals surface area contributed by atoms with Crippen molar-refractivity contribution < 1.29 is 4.79 Å². The maximum atomic E-state index is 11.4. The van der Waals surface area contributed by atoms with Crippen molar-refractivity contribution in [2.75, 3.05) is 5.32 Å². The van der Waals surface area contributed by atoms with Crippen LogP contribution >= 0.6 is 46.1 Å². The molecule has 1 amide bonds. The molecule has 1 N–H and O–H groups in total. The molecule has 0 aliphatic rings. The van der Waals surface area contributed by atoms with Gasteiger partial charge in [-0.05, 0) is 19.1 Å². The number of anilines is 1. The van der Waals surface area contributed by atoms with E-state index in [9.17, 15) is 4.79 Å². The number of rotatable bonds is 3. The molecular weight excluding hydrogens is 327 g/mol. The Kier molecular flexibility index (Phi) is 4.68. The van der Waals surface area contributed by atoms with Crippen LogP contribution in [0.25, 0.3) is 11.3 Å². The highest BCUT2D eigenvalue weighted by Gasteiger charge is 2.15. The molecule has 0 saturated carbocycles. The number of nitrogens with one attached hydrogen (secondary N) is 1. The van der Waals surface area contributed by atoms with E-state index in [1.807, 2.05) is 19.1 Å². The quantitative estimate of drug-likeness (QED) is 0.838. The standard InChI is InChI=1S/C12H9Cl3N2OS/c1-6-9(7-2-4-8(13)5-3-7)16-12(19-6)17-11(18)10(14)15/h2-5,10H,1H3,(H,16,17,18). The summed E-state index contributed by atoms with van der Waals surface area (Å²) in [5.74, 6) is -0.486. The number of nitrogens with zero attached hydrogens (tertiary/aromatic N) is 1. The predicted molar refractivity (Wildman–Crippen MR) is 81.4 cm³/mol. The van der Waals surface area contributed by atoms with Gasteiger partial charge >= 0.3 is 0 Å². The van der Waals surface area contributed by atoms with Crippen molar-refractivity contribution >= 4 is 57.2 Å². The van der Waals surface area contributed by atoms with E-state index >= 15 is 0 Å². The molecule has 0 bridgehead atoms. The largest absolute Gasteiger partial charge is 0.300 e. The van der Waals surface area contributed by atoms with E-state index in [1.165, 1.54) is 11.3 Å². The Balaban J connectivity index is 2.26. The van der Waals surface area contributed by atoms with Crippen LogP contribution < -0.4 is 5.32 Å². The Bertz CT molecular complexity index is 596. The van der Waals surface area contributed by atoms with E-state index in [0.717, 1.165) is 16.1 Å². The minimum Gasteiger partial charge on any atom is -0.300 e. The summed E-state index contributed by atoms with van der Waals surface area (Å²) in [6.45, 7) is 1.93. The molecular formula is C12H9Cl3N2OS. The Labute approximate surface area is 129 Å². The minimum absolute atomic E-state index is 0.471. The highest BCUT2D eigenvalue weighted by atomic mass is 35.5. The van der Waals surface area contributed by atoms with Gasteiger partial charge < -0.3 is 0 Å². The van der Waals surface area contributed by atoms with Crippen LogP contribution in [0, 0.1) is 6.92 Å². The van der Waals surface area contributed by atoms with Crippen LogP contribution in [0.15, 0.2) is 24.3 Å². The van der Waals surface area contributed by atoms with Gasteiger partial charge in [0.2, 0.25) is 0 Å². The van der Waals surface area contributed by atoms with E-state index in [1.54, 1.807) is 12.1 Å². The average Bonchev–Trinajstić information content (AvgIpc) is 2.71. The second-order valence-corrected chi connectivity index (χ2v) is 6.46. The summed E-state index contributed by atoms with van der Waals surface area (Å²) in [6, 6.07) is 7.34. The Hall–Kier alpha value is -0.810. The molecule has 1 aromatic heterocycles. The summed E-state index contributed by atoms with van der Waals surface area (Å²) in [7, 11) is 0. The number of aromatic nitrogens is 1. The van der Waals surface area contributed by atoms with E-state index in [4.69, 9.17) is 34.8 Å². The predicted octanol–water partition coefficient (Wildman–Crippen LogP) is 4.51. The van der Waals surface area contributed by atoms with Gasteiger partial charge in [-0.25, -0.2) is 4.98 Å². The van der Waals surface area contributed by atoms with Crippen molar-refractivity contribution in [2.45, 2.75) is 11.8 Å². The Morgan fingerprint density at radius 2 is 1.95 bits per heavy atom. The molecule has 1 aromatic carbocycles. The lowest BCUT2D eigenvalue weighted by Crippen LogP contribution is -2.18. The first-order chi connectivity index (χ1) is 8.97. The highest BCUT2D eigenvalue weighted by molar-refractivity contribution is 7.16. The fourth-order valence-electron chi connectivity index (χ4n) is 1.49. The summed E-state index contributed by atoms with van der Waals surface area (Å²) in [5, 5.41) is 3.70. The van der Waals surface area contributed by atoms with Gasteiger partial charge in [0.25, 0.3) is 5.91 Å². The maximum absolute atomic E-state index is 11.4. The monoisotopic (exact) mass is 334 g/mol. The number of amides is 1. The number of aryl methyl sites for hydroxylation is 1. The molecule has 1 heterocycles. The second-order valence-electron chi connectivity index (χ2n) is 3.72. The smallest absolute Gasteiger partial charge is 0.259 e. The van der Waals surface area contributed by atoms with Crippen molar-refractivity contribution in [3.63, 3.8) is 0 Å². The lowest BCUT2D eigenvalue weighted by Gasteiger charge is -2.00. The van der Waals surface area contributed by atoms with Crippen molar-refractivity contribution in [1.82, 2.24) is 4.98 Å². The number of carbonyl (C=O) groups is 1. The highest BCUT2D eigenvalue weighted by Crippen LogP contribution is 2.31. The third-order valence-electron chi connectivity index (χ3n) is 2.34.